The third-order valence-electron chi connectivity index (χ3n) is 4.24. The van der Waals surface area contributed by atoms with E-state index in [-0.39, 0.29) is 0 Å². The van der Waals surface area contributed by atoms with Crippen LogP contribution in [0.15, 0.2) is 85.2 Å². The van der Waals surface area contributed by atoms with Crippen molar-refractivity contribution in [3.8, 4) is 5.69 Å². The molecule has 1 atom stereocenters. The predicted octanol–water partition coefficient (Wildman–Crippen LogP) is 3.91. The maximum Gasteiger partial charge on any atom is 0.300 e. The second-order valence-electron chi connectivity index (χ2n) is 6.04. The van der Waals surface area contributed by atoms with Crippen molar-refractivity contribution in [2.45, 2.75) is 0 Å². The molecule has 0 aliphatic heterocycles. The van der Waals surface area contributed by atoms with Crippen LogP contribution < -0.4 is 9.59 Å². The lowest BCUT2D eigenvalue weighted by Gasteiger charge is -2.21. The summed E-state index contributed by atoms with van der Waals surface area (Å²) in [6, 6.07) is 21.7. The van der Waals surface area contributed by atoms with E-state index in [1.807, 2.05) is 42.6 Å². The van der Waals surface area contributed by atoms with Crippen LogP contribution in [0, 0.1) is 0 Å². The Bertz CT molecular complexity index is 1100. The molecule has 7 heteroatoms. The lowest BCUT2D eigenvalue weighted by molar-refractivity contribution is -0.0148. The molecule has 1 amide bonds. The molecule has 0 saturated carbocycles. The first-order chi connectivity index (χ1) is 13.0. The van der Waals surface area contributed by atoms with Crippen LogP contribution in [-0.2, 0) is 0 Å². The standard InChI is InChI=1S/C20H16N4O2S/c25-20(22-24(26,27)17-7-2-1-3-8-17)16-10-11-18-15(14-16)6-4-9-19(18)23-13-5-12-21-23/h1-14,26-27H/p+1. The van der Waals surface area contributed by atoms with Gasteiger partial charge in [0.25, 0.3) is 5.91 Å². The van der Waals surface area contributed by atoms with Gasteiger partial charge >= 0.3 is 0 Å². The zero-order valence-corrected chi connectivity index (χ0v) is 15.1. The molecule has 1 aromatic heterocycles. The highest BCUT2D eigenvalue weighted by Gasteiger charge is 2.28. The zero-order chi connectivity index (χ0) is 18.9. The maximum absolute atomic E-state index is 12.6. The topological polar surface area (TPSA) is 67.2 Å². The maximum atomic E-state index is 12.6. The minimum atomic E-state index is -1.04. The largest absolute Gasteiger partial charge is 0.300 e. The number of aromatic nitrogens is 2. The molecule has 0 spiro atoms. The van der Waals surface area contributed by atoms with Gasteiger partial charge in [0.1, 0.15) is 12.8 Å². The van der Waals surface area contributed by atoms with Gasteiger partial charge in [-0.15, -0.1) is 5.43 Å². The fraction of sp³-hybridized carbons (Fsp3) is 0. The Balaban J connectivity index is 1.65. The molecule has 1 heterocycles. The van der Waals surface area contributed by atoms with Gasteiger partial charge in [-0.2, -0.15) is 10.3 Å². The van der Waals surface area contributed by atoms with E-state index in [2.05, 4.69) is 23.3 Å². The van der Waals surface area contributed by atoms with Gasteiger partial charge in [0, 0.05) is 39.6 Å². The van der Waals surface area contributed by atoms with Gasteiger partial charge in [0.05, 0.1) is 5.69 Å². The lowest BCUT2D eigenvalue weighted by Crippen LogP contribution is -2.51. The molecule has 27 heavy (non-hydrogen) atoms. The van der Waals surface area contributed by atoms with Gasteiger partial charge in [-0.25, -0.2) is 4.68 Å². The van der Waals surface area contributed by atoms with E-state index in [9.17, 15) is 10.0 Å². The van der Waals surface area contributed by atoms with Gasteiger partial charge in [-0.1, -0.05) is 36.4 Å². The highest BCUT2D eigenvalue weighted by Crippen LogP contribution is 2.24. The first-order valence-electron chi connectivity index (χ1n) is 8.30. The number of carbonyl (C=O) groups is 1. The van der Waals surface area contributed by atoms with Crippen LogP contribution >= 0.6 is 12.8 Å². The third kappa shape index (κ3) is 3.43. The number of nitrogens with zero attached hydrogens (tertiary/aromatic N) is 3. The van der Waals surface area contributed by atoms with Crippen LogP contribution in [0.3, 0.4) is 0 Å². The summed E-state index contributed by atoms with van der Waals surface area (Å²) in [5.41, 5.74) is 4.27. The number of fused-ring (bicyclic) bond motifs is 1. The summed E-state index contributed by atoms with van der Waals surface area (Å²) in [5.74, 6) is -0.442. The first-order valence-corrected chi connectivity index (χ1v) is 8.70. The fourth-order valence-corrected chi connectivity index (χ4v) is 3.15. The van der Waals surface area contributed by atoms with E-state index in [0.717, 1.165) is 16.5 Å². The van der Waals surface area contributed by atoms with Gasteiger partial charge in [-0.3, -0.25) is 4.79 Å². The molecule has 134 valence electrons. The molecule has 0 bridgehead atoms. The van der Waals surface area contributed by atoms with Crippen LogP contribution in [0.4, 0.5) is 5.69 Å². The third-order valence-corrected chi connectivity index (χ3v) is 4.58. The van der Waals surface area contributed by atoms with Crippen molar-refractivity contribution in [2.24, 2.45) is 0 Å². The van der Waals surface area contributed by atoms with Crippen molar-refractivity contribution < 1.29 is 10.0 Å². The summed E-state index contributed by atoms with van der Waals surface area (Å²) in [7, 11) is 0. The van der Waals surface area contributed by atoms with E-state index >= 15 is 0 Å². The van der Waals surface area contributed by atoms with Crippen molar-refractivity contribution in [3.05, 3.63) is 90.8 Å². The molecule has 2 N–H and O–H groups in total. The summed E-state index contributed by atoms with van der Waals surface area (Å²) in [5, 5.41) is 16.6. The minimum absolute atomic E-state index is 0.418. The van der Waals surface area contributed by atoms with Crippen LogP contribution in [0.1, 0.15) is 10.4 Å². The molecule has 4 rings (SSSR count). The molecule has 3 aromatic carbocycles. The van der Waals surface area contributed by atoms with Crippen LogP contribution in [0.2, 0.25) is 0 Å². The first kappa shape index (κ1) is 17.3. The summed E-state index contributed by atoms with van der Waals surface area (Å²) in [4.78, 5) is 12.6. The van der Waals surface area contributed by atoms with E-state index in [1.54, 1.807) is 47.3 Å². The van der Waals surface area contributed by atoms with E-state index in [1.165, 1.54) is 0 Å². The van der Waals surface area contributed by atoms with Crippen molar-refractivity contribution in [1.29, 1.82) is 0 Å². The number of rotatable bonds is 4. The zero-order valence-electron chi connectivity index (χ0n) is 14.2. The van der Waals surface area contributed by atoms with Crippen LogP contribution in [0.5, 0.6) is 0 Å². The average molecular weight is 377 g/mol. The van der Waals surface area contributed by atoms with E-state index in [0.29, 0.717) is 11.3 Å². The van der Waals surface area contributed by atoms with Gasteiger partial charge < -0.3 is 0 Å². The average Bonchev–Trinajstić information content (AvgIpc) is 3.22. The Morgan fingerprint density at radius 3 is 2.59 bits per heavy atom. The number of thiol groups is 1. The molecule has 0 aliphatic rings. The second kappa shape index (κ2) is 6.88. The molecule has 0 fully saturated rings. The Labute approximate surface area is 161 Å². The van der Waals surface area contributed by atoms with Crippen molar-refractivity contribution in [3.63, 3.8) is 0 Å². The number of carbonyl (C=O) groups excluding carboxylic acids is 1. The predicted molar refractivity (Wildman–Crippen MR) is 108 cm³/mol. The van der Waals surface area contributed by atoms with Crippen molar-refractivity contribution >= 4 is 35.2 Å². The van der Waals surface area contributed by atoms with Crippen molar-refractivity contribution in [2.75, 3.05) is 0 Å². The SMILES string of the molecule is O=C(N[N+](O)(S)c1ccccc1)c1ccc2c(-n3cccn3)cccc2c1. The smallest absolute Gasteiger partial charge is 0.264 e. The number of quaternary nitrogens is 1. The molecular weight excluding hydrogens is 360 g/mol. The van der Waals surface area contributed by atoms with Gasteiger partial charge in [0.2, 0.25) is 5.69 Å². The molecule has 1 unspecified atom stereocenters. The number of hydrogen-bond donors (Lipinski definition) is 3. The number of nitrogens with one attached hydrogen (secondary N) is 1. The normalized spacial score (nSPS) is 13.3. The summed E-state index contributed by atoms with van der Waals surface area (Å²) in [6.45, 7) is 0. The Kier molecular flexibility index (Phi) is 4.41. The van der Waals surface area contributed by atoms with Gasteiger partial charge in [-0.05, 0) is 29.7 Å². The Morgan fingerprint density at radius 2 is 1.85 bits per heavy atom. The molecular formula is C20H17N4O2S+. The number of para-hydroxylation sites is 1. The minimum Gasteiger partial charge on any atom is -0.264 e. The van der Waals surface area contributed by atoms with Crippen LogP contribution in [0.25, 0.3) is 16.5 Å². The highest BCUT2D eigenvalue weighted by atomic mass is 32.1. The number of benzene rings is 3. The van der Waals surface area contributed by atoms with Gasteiger partial charge in [0.15, 0.2) is 0 Å². The van der Waals surface area contributed by atoms with Crippen molar-refractivity contribution in [1.82, 2.24) is 19.4 Å². The molecule has 6 nitrogen and oxygen atoms in total. The molecule has 0 aliphatic carbocycles. The summed E-state index contributed by atoms with van der Waals surface area (Å²) >= 11 is 4.15. The Morgan fingerprint density at radius 1 is 1.04 bits per heavy atom. The van der Waals surface area contributed by atoms with E-state index < -0.39 is 10.1 Å². The fourth-order valence-electron chi connectivity index (χ4n) is 2.93. The lowest BCUT2D eigenvalue weighted by atomic mass is 10.1. The van der Waals surface area contributed by atoms with Crippen LogP contribution in [-0.4, -0.2) is 20.9 Å². The summed E-state index contributed by atoms with van der Waals surface area (Å²) < 4.78 is 0.742. The monoisotopic (exact) mass is 377 g/mol. The highest BCUT2D eigenvalue weighted by molar-refractivity contribution is 7.79. The quantitative estimate of drug-likeness (QED) is 0.287. The summed E-state index contributed by atoms with van der Waals surface area (Å²) in [6.07, 6.45) is 3.59. The molecule has 0 saturated heterocycles. The molecule has 4 aromatic rings. The molecule has 0 radical (unpaired) electrons. The number of hydrogen-bond acceptors (Lipinski definition) is 4. The van der Waals surface area contributed by atoms with E-state index in [4.69, 9.17) is 0 Å². The number of amides is 1. The second-order valence-corrected chi connectivity index (χ2v) is 6.62. The Hall–Kier alpha value is -3.13.